The second kappa shape index (κ2) is 6.16. The topological polar surface area (TPSA) is 75.6 Å². The monoisotopic (exact) mass is 339 g/mol. The number of aromatic amines is 1. The van der Waals surface area contributed by atoms with E-state index in [2.05, 4.69) is 20.5 Å². The summed E-state index contributed by atoms with van der Waals surface area (Å²) in [5.41, 5.74) is 2.86. The van der Waals surface area contributed by atoms with E-state index in [9.17, 15) is 9.18 Å². The summed E-state index contributed by atoms with van der Waals surface area (Å²) >= 11 is 0. The van der Waals surface area contributed by atoms with E-state index in [-0.39, 0.29) is 17.6 Å². The number of nitrogens with one attached hydrogen (secondary N) is 2. The van der Waals surface area contributed by atoms with E-state index in [1.54, 1.807) is 24.5 Å². The lowest BCUT2D eigenvalue weighted by Crippen LogP contribution is -2.31. The Kier molecular flexibility index (Phi) is 3.83. The van der Waals surface area contributed by atoms with Crippen molar-refractivity contribution in [1.82, 2.24) is 19.7 Å². The van der Waals surface area contributed by atoms with E-state index >= 15 is 0 Å². The molecule has 3 heterocycles. The summed E-state index contributed by atoms with van der Waals surface area (Å²) in [7, 11) is 0. The molecule has 4 rings (SSSR count). The fourth-order valence-electron chi connectivity index (χ4n) is 3.32. The highest BCUT2D eigenvalue weighted by atomic mass is 19.1. The number of carbonyl (C=O) groups excluding carboxylic acids is 1. The normalized spacial score (nSPS) is 16.5. The molecule has 3 aromatic rings. The van der Waals surface area contributed by atoms with Crippen LogP contribution in [0.3, 0.4) is 0 Å². The molecule has 0 radical (unpaired) electrons. The number of aryl methyl sites for hydroxylation is 2. The Hall–Kier alpha value is -2.96. The first kappa shape index (κ1) is 15.6. The Morgan fingerprint density at radius 2 is 2.24 bits per heavy atom. The first-order valence-electron chi connectivity index (χ1n) is 8.23. The van der Waals surface area contributed by atoms with Gasteiger partial charge in [0.25, 0.3) is 0 Å². The molecule has 1 aliphatic heterocycles. The average molecular weight is 339 g/mol. The summed E-state index contributed by atoms with van der Waals surface area (Å²) in [6.45, 7) is 2.41. The van der Waals surface area contributed by atoms with Gasteiger partial charge in [0.15, 0.2) is 5.82 Å². The van der Waals surface area contributed by atoms with Crippen LogP contribution in [0.25, 0.3) is 11.1 Å². The number of hydrogen-bond acceptors (Lipinski definition) is 3. The number of H-pyrrole nitrogens is 1. The van der Waals surface area contributed by atoms with Crippen LogP contribution in [-0.2, 0) is 17.8 Å². The SMILES string of the molecule is Cc1[nH]nc(NC(=O)C2CCc3cncn3C2)c1-c1ccccc1F. The molecule has 0 spiro atoms. The van der Waals surface area contributed by atoms with Crippen LogP contribution >= 0.6 is 0 Å². The number of aromatic nitrogens is 4. The zero-order valence-corrected chi connectivity index (χ0v) is 13.8. The van der Waals surface area contributed by atoms with E-state index in [1.165, 1.54) is 6.07 Å². The van der Waals surface area contributed by atoms with Crippen LogP contribution < -0.4 is 5.32 Å². The van der Waals surface area contributed by atoms with E-state index in [0.29, 0.717) is 29.2 Å². The highest BCUT2D eigenvalue weighted by Gasteiger charge is 2.26. The fraction of sp³-hybridized carbons (Fsp3) is 0.278. The van der Waals surface area contributed by atoms with Crippen molar-refractivity contribution in [2.24, 2.45) is 5.92 Å². The highest BCUT2D eigenvalue weighted by molar-refractivity contribution is 5.96. The zero-order valence-electron chi connectivity index (χ0n) is 13.8. The van der Waals surface area contributed by atoms with E-state index in [1.807, 2.05) is 17.7 Å². The molecule has 0 aliphatic carbocycles. The fourth-order valence-corrected chi connectivity index (χ4v) is 3.32. The molecule has 1 amide bonds. The number of nitrogens with zero attached hydrogens (tertiary/aromatic N) is 3. The lowest BCUT2D eigenvalue weighted by molar-refractivity contribution is -0.120. The van der Waals surface area contributed by atoms with Crippen LogP contribution in [0.4, 0.5) is 10.2 Å². The summed E-state index contributed by atoms with van der Waals surface area (Å²) in [6, 6.07) is 6.48. The van der Waals surface area contributed by atoms with Crippen molar-refractivity contribution in [2.75, 3.05) is 5.32 Å². The van der Waals surface area contributed by atoms with Crippen molar-refractivity contribution in [3.63, 3.8) is 0 Å². The number of anilines is 1. The maximum atomic E-state index is 14.2. The number of fused-ring (bicyclic) bond motifs is 1. The summed E-state index contributed by atoms with van der Waals surface area (Å²) in [5.74, 6) is -0.247. The third-order valence-electron chi connectivity index (χ3n) is 4.67. The highest BCUT2D eigenvalue weighted by Crippen LogP contribution is 2.32. The summed E-state index contributed by atoms with van der Waals surface area (Å²) in [4.78, 5) is 16.8. The van der Waals surface area contributed by atoms with Gasteiger partial charge in [0.05, 0.1) is 12.2 Å². The lowest BCUT2D eigenvalue weighted by atomic mass is 9.97. The van der Waals surface area contributed by atoms with Gasteiger partial charge in [0, 0.05) is 35.3 Å². The van der Waals surface area contributed by atoms with Crippen molar-refractivity contribution in [1.29, 1.82) is 0 Å². The van der Waals surface area contributed by atoms with Gasteiger partial charge in [-0.3, -0.25) is 9.89 Å². The number of hydrogen-bond donors (Lipinski definition) is 2. The van der Waals surface area contributed by atoms with Gasteiger partial charge in [-0.15, -0.1) is 0 Å². The molecule has 0 saturated carbocycles. The van der Waals surface area contributed by atoms with Crippen LogP contribution in [0.15, 0.2) is 36.8 Å². The van der Waals surface area contributed by atoms with Crippen molar-refractivity contribution in [3.8, 4) is 11.1 Å². The summed E-state index contributed by atoms with van der Waals surface area (Å²) in [6.07, 6.45) is 5.16. The largest absolute Gasteiger partial charge is 0.334 e. The van der Waals surface area contributed by atoms with E-state index in [0.717, 1.165) is 18.5 Å². The molecule has 0 fully saturated rings. The number of amides is 1. The molecule has 0 saturated heterocycles. The molecule has 128 valence electrons. The third kappa shape index (κ3) is 2.82. The molecule has 25 heavy (non-hydrogen) atoms. The quantitative estimate of drug-likeness (QED) is 0.770. The molecule has 1 unspecified atom stereocenters. The minimum Gasteiger partial charge on any atom is -0.334 e. The number of carbonyl (C=O) groups is 1. The van der Waals surface area contributed by atoms with Crippen molar-refractivity contribution >= 4 is 11.7 Å². The number of halogens is 1. The lowest BCUT2D eigenvalue weighted by Gasteiger charge is -2.23. The van der Waals surface area contributed by atoms with E-state index < -0.39 is 0 Å². The van der Waals surface area contributed by atoms with Crippen LogP contribution in [0.1, 0.15) is 17.8 Å². The molecular formula is C18H18FN5O. The first-order chi connectivity index (χ1) is 12.1. The summed E-state index contributed by atoms with van der Waals surface area (Å²) < 4.78 is 16.2. The van der Waals surface area contributed by atoms with Gasteiger partial charge in [0.2, 0.25) is 5.91 Å². The maximum Gasteiger partial charge on any atom is 0.230 e. The van der Waals surface area contributed by atoms with Crippen LogP contribution in [0.2, 0.25) is 0 Å². The molecule has 2 N–H and O–H groups in total. The minimum absolute atomic E-state index is 0.108. The smallest absolute Gasteiger partial charge is 0.230 e. The Balaban J connectivity index is 1.58. The standard InChI is InChI=1S/C18H18FN5O/c1-11-16(14-4-2-3-5-15(14)19)17(23-22-11)21-18(25)12-6-7-13-8-20-10-24(13)9-12/h2-5,8,10,12H,6-7,9H2,1H3,(H2,21,22,23,25). The maximum absolute atomic E-state index is 14.2. The number of benzene rings is 1. The van der Waals surface area contributed by atoms with Crippen LogP contribution in [0.5, 0.6) is 0 Å². The molecule has 1 aromatic carbocycles. The molecule has 2 aromatic heterocycles. The Labute approximate surface area is 144 Å². The van der Waals surface area contributed by atoms with Crippen molar-refractivity contribution in [3.05, 3.63) is 54.0 Å². The molecule has 0 bridgehead atoms. The van der Waals surface area contributed by atoms with Crippen molar-refractivity contribution in [2.45, 2.75) is 26.3 Å². The predicted molar refractivity (Wildman–Crippen MR) is 91.4 cm³/mol. The first-order valence-corrected chi connectivity index (χ1v) is 8.23. The second-order valence-corrected chi connectivity index (χ2v) is 6.31. The van der Waals surface area contributed by atoms with Gasteiger partial charge >= 0.3 is 0 Å². The van der Waals surface area contributed by atoms with Gasteiger partial charge < -0.3 is 9.88 Å². The van der Waals surface area contributed by atoms with Gasteiger partial charge in [-0.05, 0) is 25.8 Å². The van der Waals surface area contributed by atoms with Gasteiger partial charge in [-0.1, -0.05) is 18.2 Å². The minimum atomic E-state index is -0.344. The third-order valence-corrected chi connectivity index (χ3v) is 4.67. The van der Waals surface area contributed by atoms with Crippen molar-refractivity contribution < 1.29 is 9.18 Å². The predicted octanol–water partition coefficient (Wildman–Crippen LogP) is 2.92. The second-order valence-electron chi connectivity index (χ2n) is 6.31. The van der Waals surface area contributed by atoms with Crippen LogP contribution in [0, 0.1) is 18.7 Å². The van der Waals surface area contributed by atoms with E-state index in [4.69, 9.17) is 0 Å². The molecule has 6 nitrogen and oxygen atoms in total. The molecule has 7 heteroatoms. The van der Waals surface area contributed by atoms with Gasteiger partial charge in [-0.25, -0.2) is 9.37 Å². The molecular weight excluding hydrogens is 321 g/mol. The van der Waals surface area contributed by atoms with Crippen LogP contribution in [-0.4, -0.2) is 25.7 Å². The Bertz CT molecular complexity index is 929. The summed E-state index contributed by atoms with van der Waals surface area (Å²) in [5, 5.41) is 9.86. The van der Waals surface area contributed by atoms with Gasteiger partial charge in [0.1, 0.15) is 5.82 Å². The Morgan fingerprint density at radius 3 is 3.08 bits per heavy atom. The Morgan fingerprint density at radius 1 is 1.40 bits per heavy atom. The molecule has 1 atom stereocenters. The number of imidazole rings is 1. The average Bonchev–Trinajstić information content (AvgIpc) is 3.21. The van der Waals surface area contributed by atoms with Gasteiger partial charge in [-0.2, -0.15) is 5.10 Å². The number of rotatable bonds is 3. The molecule has 1 aliphatic rings. The zero-order chi connectivity index (χ0) is 17.4.